The second kappa shape index (κ2) is 7.11. The van der Waals surface area contributed by atoms with Gasteiger partial charge in [0.05, 0.1) is 12.2 Å². The summed E-state index contributed by atoms with van der Waals surface area (Å²) in [6.07, 6.45) is 1.05. The SMILES string of the molecule is O=C(O)c1cccc(OCCN2CCCOCC2)c1. The lowest BCUT2D eigenvalue weighted by Crippen LogP contribution is -2.30. The van der Waals surface area contributed by atoms with Crippen molar-refractivity contribution in [3.63, 3.8) is 0 Å². The quantitative estimate of drug-likeness (QED) is 0.874. The molecular weight excluding hydrogens is 246 g/mol. The monoisotopic (exact) mass is 265 g/mol. The van der Waals surface area contributed by atoms with E-state index in [1.165, 1.54) is 0 Å². The van der Waals surface area contributed by atoms with Gasteiger partial charge in [0.2, 0.25) is 0 Å². The van der Waals surface area contributed by atoms with E-state index in [1.807, 2.05) is 0 Å². The van der Waals surface area contributed by atoms with Gasteiger partial charge in [-0.1, -0.05) is 6.07 Å². The van der Waals surface area contributed by atoms with Crippen LogP contribution in [0.25, 0.3) is 0 Å². The summed E-state index contributed by atoms with van der Waals surface area (Å²) in [6, 6.07) is 6.58. The molecule has 1 heterocycles. The summed E-state index contributed by atoms with van der Waals surface area (Å²) in [6.45, 7) is 4.95. The number of hydrogen-bond donors (Lipinski definition) is 1. The number of benzene rings is 1. The topological polar surface area (TPSA) is 59.0 Å². The zero-order valence-electron chi connectivity index (χ0n) is 10.9. The van der Waals surface area contributed by atoms with Gasteiger partial charge in [-0.3, -0.25) is 4.90 Å². The molecule has 2 rings (SSSR count). The van der Waals surface area contributed by atoms with E-state index in [9.17, 15) is 4.79 Å². The van der Waals surface area contributed by atoms with Crippen LogP contribution in [0, 0.1) is 0 Å². The van der Waals surface area contributed by atoms with Gasteiger partial charge in [-0.25, -0.2) is 4.79 Å². The minimum Gasteiger partial charge on any atom is -0.492 e. The lowest BCUT2D eigenvalue weighted by atomic mass is 10.2. The Morgan fingerprint density at radius 2 is 2.26 bits per heavy atom. The first-order valence-corrected chi connectivity index (χ1v) is 6.52. The predicted molar refractivity (Wildman–Crippen MR) is 70.8 cm³/mol. The summed E-state index contributed by atoms with van der Waals surface area (Å²) < 4.78 is 11.0. The smallest absolute Gasteiger partial charge is 0.335 e. The van der Waals surface area contributed by atoms with Crippen molar-refractivity contribution in [3.05, 3.63) is 29.8 Å². The van der Waals surface area contributed by atoms with Gasteiger partial charge in [0.15, 0.2) is 0 Å². The summed E-state index contributed by atoms with van der Waals surface area (Å²) in [5.41, 5.74) is 0.251. The first-order chi connectivity index (χ1) is 9.25. The molecule has 0 aromatic heterocycles. The molecule has 19 heavy (non-hydrogen) atoms. The first kappa shape index (κ1) is 13.8. The van der Waals surface area contributed by atoms with Crippen molar-refractivity contribution in [1.82, 2.24) is 4.90 Å². The van der Waals surface area contributed by atoms with Crippen molar-refractivity contribution in [2.75, 3.05) is 39.5 Å². The third-order valence-electron chi connectivity index (χ3n) is 3.07. The van der Waals surface area contributed by atoms with Crippen molar-refractivity contribution in [2.24, 2.45) is 0 Å². The number of aromatic carboxylic acids is 1. The Hall–Kier alpha value is -1.59. The fourth-order valence-electron chi connectivity index (χ4n) is 2.03. The lowest BCUT2D eigenvalue weighted by Gasteiger charge is -2.19. The van der Waals surface area contributed by atoms with Crippen molar-refractivity contribution >= 4 is 5.97 Å². The summed E-state index contributed by atoms with van der Waals surface area (Å²) in [4.78, 5) is 13.1. The molecule has 0 amide bonds. The summed E-state index contributed by atoms with van der Waals surface area (Å²) in [5.74, 6) is -0.332. The fraction of sp³-hybridized carbons (Fsp3) is 0.500. The Bertz CT molecular complexity index is 414. The van der Waals surface area contributed by atoms with E-state index < -0.39 is 5.97 Å². The molecule has 0 atom stereocenters. The lowest BCUT2D eigenvalue weighted by molar-refractivity contribution is 0.0696. The highest BCUT2D eigenvalue weighted by Gasteiger charge is 2.09. The van der Waals surface area contributed by atoms with Crippen LogP contribution in [-0.2, 0) is 4.74 Å². The van der Waals surface area contributed by atoms with Gasteiger partial charge in [-0.15, -0.1) is 0 Å². The summed E-state index contributed by atoms with van der Waals surface area (Å²) in [7, 11) is 0. The first-order valence-electron chi connectivity index (χ1n) is 6.52. The van der Waals surface area contributed by atoms with Crippen LogP contribution in [0.1, 0.15) is 16.8 Å². The molecule has 1 aliphatic heterocycles. The van der Waals surface area contributed by atoms with E-state index in [0.717, 1.165) is 39.3 Å². The highest BCUT2D eigenvalue weighted by Crippen LogP contribution is 2.13. The molecular formula is C14H19NO4. The van der Waals surface area contributed by atoms with E-state index >= 15 is 0 Å². The van der Waals surface area contributed by atoms with Crippen molar-refractivity contribution < 1.29 is 19.4 Å². The second-order valence-corrected chi connectivity index (χ2v) is 4.49. The molecule has 0 spiro atoms. The Morgan fingerprint density at radius 3 is 3.11 bits per heavy atom. The van der Waals surface area contributed by atoms with Crippen molar-refractivity contribution in [2.45, 2.75) is 6.42 Å². The number of hydrogen-bond acceptors (Lipinski definition) is 4. The Balaban J connectivity index is 1.78. The van der Waals surface area contributed by atoms with E-state index in [-0.39, 0.29) is 5.56 Å². The normalized spacial score (nSPS) is 16.8. The van der Waals surface area contributed by atoms with Gasteiger partial charge < -0.3 is 14.6 Å². The van der Waals surface area contributed by atoms with Crippen molar-refractivity contribution in [3.8, 4) is 5.75 Å². The molecule has 0 radical (unpaired) electrons. The second-order valence-electron chi connectivity index (χ2n) is 4.49. The Kier molecular flexibility index (Phi) is 5.18. The molecule has 1 aromatic rings. The van der Waals surface area contributed by atoms with Crippen molar-refractivity contribution in [1.29, 1.82) is 0 Å². The average Bonchev–Trinajstić information content (AvgIpc) is 2.68. The highest BCUT2D eigenvalue weighted by atomic mass is 16.5. The maximum Gasteiger partial charge on any atom is 0.335 e. The van der Waals surface area contributed by atoms with Gasteiger partial charge in [-0.05, 0) is 24.6 Å². The van der Waals surface area contributed by atoms with Gasteiger partial charge in [0.1, 0.15) is 12.4 Å². The van der Waals surface area contributed by atoms with Gasteiger partial charge in [0, 0.05) is 26.2 Å². The third-order valence-corrected chi connectivity index (χ3v) is 3.07. The van der Waals surface area contributed by atoms with Gasteiger partial charge in [-0.2, -0.15) is 0 Å². The number of carbonyl (C=O) groups is 1. The fourth-order valence-corrected chi connectivity index (χ4v) is 2.03. The Labute approximate surface area is 112 Å². The molecule has 0 unspecified atom stereocenters. The molecule has 104 valence electrons. The van der Waals surface area contributed by atoms with Crippen LogP contribution in [0.2, 0.25) is 0 Å². The summed E-state index contributed by atoms with van der Waals surface area (Å²) >= 11 is 0. The highest BCUT2D eigenvalue weighted by molar-refractivity contribution is 5.87. The van der Waals surface area contributed by atoms with E-state index in [4.69, 9.17) is 14.6 Å². The van der Waals surface area contributed by atoms with Crippen LogP contribution in [0.4, 0.5) is 0 Å². The largest absolute Gasteiger partial charge is 0.492 e. The molecule has 0 aliphatic carbocycles. The van der Waals surface area contributed by atoms with Crippen LogP contribution in [0.3, 0.4) is 0 Å². The molecule has 0 saturated carbocycles. The predicted octanol–water partition coefficient (Wildman–Crippen LogP) is 1.49. The molecule has 5 nitrogen and oxygen atoms in total. The minimum atomic E-state index is -0.935. The third kappa shape index (κ3) is 4.54. The van der Waals surface area contributed by atoms with Crippen LogP contribution >= 0.6 is 0 Å². The van der Waals surface area contributed by atoms with Gasteiger partial charge >= 0.3 is 5.97 Å². The molecule has 1 saturated heterocycles. The minimum absolute atomic E-state index is 0.251. The standard InChI is InChI=1S/C14H19NO4/c16-14(17)12-3-1-4-13(11-12)19-10-7-15-5-2-8-18-9-6-15/h1,3-4,11H,2,5-10H2,(H,16,17). The maximum atomic E-state index is 10.8. The molecule has 5 heteroatoms. The zero-order chi connectivity index (χ0) is 13.5. The van der Waals surface area contributed by atoms with Crippen LogP contribution in [0.5, 0.6) is 5.75 Å². The number of ether oxygens (including phenoxy) is 2. The van der Waals surface area contributed by atoms with Crippen LogP contribution < -0.4 is 4.74 Å². The Morgan fingerprint density at radius 1 is 1.37 bits per heavy atom. The zero-order valence-corrected chi connectivity index (χ0v) is 10.9. The molecule has 1 N–H and O–H groups in total. The van der Waals surface area contributed by atoms with E-state index in [2.05, 4.69) is 4.90 Å². The van der Waals surface area contributed by atoms with E-state index in [0.29, 0.717) is 12.4 Å². The van der Waals surface area contributed by atoms with Gasteiger partial charge in [0.25, 0.3) is 0 Å². The average molecular weight is 265 g/mol. The molecule has 1 aliphatic rings. The number of nitrogens with zero attached hydrogens (tertiary/aromatic N) is 1. The molecule has 1 fully saturated rings. The van der Waals surface area contributed by atoms with Crippen LogP contribution in [-0.4, -0.2) is 55.4 Å². The molecule has 0 bridgehead atoms. The number of carboxylic acid groups (broad SMARTS) is 1. The van der Waals surface area contributed by atoms with E-state index in [1.54, 1.807) is 24.3 Å². The number of carboxylic acids is 1. The van der Waals surface area contributed by atoms with Crippen LogP contribution in [0.15, 0.2) is 24.3 Å². The number of rotatable bonds is 5. The summed E-state index contributed by atoms with van der Waals surface area (Å²) in [5, 5.41) is 8.89. The molecule has 1 aromatic carbocycles. The maximum absolute atomic E-state index is 10.8.